The molecule has 1 saturated carbocycles. The van der Waals surface area contributed by atoms with Gasteiger partial charge in [-0.05, 0) is 41.7 Å². The number of carbonyl (C=O) groups excluding carboxylic acids is 1. The van der Waals surface area contributed by atoms with Crippen molar-refractivity contribution < 1.29 is 58.2 Å². The van der Waals surface area contributed by atoms with E-state index in [1.165, 1.54) is 0 Å². The highest BCUT2D eigenvalue weighted by Gasteiger charge is 3.02. The summed E-state index contributed by atoms with van der Waals surface area (Å²) in [6, 6.07) is 1.82. The van der Waals surface area contributed by atoms with E-state index in [-0.39, 0.29) is 15.6 Å². The van der Waals surface area contributed by atoms with Crippen LogP contribution in [0.3, 0.4) is 0 Å². The fraction of sp³-hybridized carbons (Fsp3) is 0.471. The number of alkyl halides is 11. The van der Waals surface area contributed by atoms with Crippen LogP contribution in [0.2, 0.25) is 10.0 Å². The Morgan fingerprint density at radius 2 is 1.19 bits per heavy atom. The topological polar surface area (TPSA) is 40.1 Å². The molecule has 15 heteroatoms. The van der Waals surface area contributed by atoms with Crippen LogP contribution in [-0.2, 0) is 11.2 Å². The Morgan fingerprint density at radius 1 is 0.750 bits per heavy atom. The van der Waals surface area contributed by atoms with Crippen LogP contribution in [-0.4, -0.2) is 41.1 Å². The van der Waals surface area contributed by atoms with E-state index in [1.807, 2.05) is 0 Å². The monoisotopic (exact) mass is 521 g/mol. The number of hydrogen-bond donors (Lipinski definition) is 0. The fourth-order valence-corrected chi connectivity index (χ4v) is 4.11. The van der Waals surface area contributed by atoms with Gasteiger partial charge in [-0.25, -0.2) is 4.39 Å². The summed E-state index contributed by atoms with van der Waals surface area (Å²) in [6.07, 6.45) is -1.77. The summed E-state index contributed by atoms with van der Waals surface area (Å²) >= 11 is 11.4. The van der Waals surface area contributed by atoms with Crippen molar-refractivity contribution in [3.8, 4) is 0 Å². The quantitative estimate of drug-likeness (QED) is 0.484. The Hall–Kier alpha value is -1.76. The average molecular weight is 522 g/mol. The maximum Gasteiger partial charge on any atom is 0.384 e. The molecule has 0 bridgehead atoms. The van der Waals surface area contributed by atoms with Crippen LogP contribution in [0.4, 0.5) is 48.3 Å². The molecule has 0 saturated heterocycles. The maximum atomic E-state index is 15.0. The Bertz CT molecular complexity index is 1020. The lowest BCUT2D eigenvalue weighted by molar-refractivity contribution is -0.475. The van der Waals surface area contributed by atoms with Gasteiger partial charge in [0.05, 0.1) is 0 Å². The van der Waals surface area contributed by atoms with Gasteiger partial charge in [0.1, 0.15) is 0 Å². The third-order valence-corrected chi connectivity index (χ3v) is 5.89. The third kappa shape index (κ3) is 2.52. The molecule has 2 aliphatic carbocycles. The molecule has 0 heterocycles. The molecule has 2 nitrogen and oxygen atoms in total. The fourth-order valence-electron chi connectivity index (χ4n) is 3.52. The van der Waals surface area contributed by atoms with E-state index in [2.05, 4.69) is 0 Å². The van der Waals surface area contributed by atoms with Crippen LogP contribution in [0.5, 0.6) is 0 Å². The van der Waals surface area contributed by atoms with E-state index in [0.717, 1.165) is 12.1 Å². The molecular weight excluding hydrogens is 516 g/mol. The number of allylic oxidation sites excluding steroid dienone is 1. The minimum absolute atomic E-state index is 0.116. The molecule has 0 N–H and O–H groups in total. The van der Waals surface area contributed by atoms with Crippen molar-refractivity contribution in [2.24, 2.45) is 0 Å². The van der Waals surface area contributed by atoms with Crippen molar-refractivity contribution in [2.75, 3.05) is 0 Å². The summed E-state index contributed by atoms with van der Waals surface area (Å²) in [7, 11) is 0. The number of rotatable bonds is 2. The second-order valence-corrected chi connectivity index (χ2v) is 7.92. The van der Waals surface area contributed by atoms with E-state index in [4.69, 9.17) is 23.2 Å². The molecule has 1 fully saturated rings. The van der Waals surface area contributed by atoms with Crippen molar-refractivity contribution in [3.05, 3.63) is 38.9 Å². The van der Waals surface area contributed by atoms with Crippen LogP contribution in [0.1, 0.15) is 17.5 Å². The van der Waals surface area contributed by atoms with Gasteiger partial charge in [0.15, 0.2) is 0 Å². The zero-order chi connectivity index (χ0) is 24.9. The molecule has 0 aliphatic heterocycles. The summed E-state index contributed by atoms with van der Waals surface area (Å²) in [5, 5.41) is 11.9. The second-order valence-electron chi connectivity index (χ2n) is 7.08. The molecule has 178 valence electrons. The van der Waals surface area contributed by atoms with Gasteiger partial charge in [0, 0.05) is 10.0 Å². The predicted octanol–water partition coefficient (Wildman–Crippen LogP) is 5.48. The summed E-state index contributed by atoms with van der Waals surface area (Å²) in [6.45, 7) is 0. The highest BCUT2D eigenvalue weighted by Crippen LogP contribution is 2.70. The van der Waals surface area contributed by atoms with E-state index >= 15 is 0 Å². The molecule has 0 atom stereocenters. The Balaban J connectivity index is 2.31. The normalized spacial score (nSPS) is 26.4. The zero-order valence-corrected chi connectivity index (χ0v) is 16.3. The van der Waals surface area contributed by atoms with E-state index < -0.39 is 70.8 Å². The van der Waals surface area contributed by atoms with Crippen LogP contribution in [0.15, 0.2) is 17.7 Å². The Kier molecular flexibility index (Phi) is 5.17. The minimum Gasteiger partial charge on any atom is -0.872 e. The van der Waals surface area contributed by atoms with E-state index in [0.29, 0.717) is 0 Å². The van der Waals surface area contributed by atoms with Crippen LogP contribution >= 0.6 is 23.2 Å². The average Bonchev–Trinajstić information content (AvgIpc) is 2.65. The van der Waals surface area contributed by atoms with Crippen LogP contribution in [0.25, 0.3) is 5.76 Å². The summed E-state index contributed by atoms with van der Waals surface area (Å²) in [5.41, 5.74) is -9.57. The first-order chi connectivity index (χ1) is 14.2. The van der Waals surface area contributed by atoms with Crippen molar-refractivity contribution in [1.29, 1.82) is 0 Å². The van der Waals surface area contributed by atoms with Gasteiger partial charge in [0.2, 0.25) is 5.78 Å². The van der Waals surface area contributed by atoms with E-state index in [9.17, 15) is 58.2 Å². The van der Waals surface area contributed by atoms with Gasteiger partial charge in [-0.3, -0.25) is 4.79 Å². The lowest BCUT2D eigenvalue weighted by Crippen LogP contribution is -2.85. The summed E-state index contributed by atoms with van der Waals surface area (Å²) < 4.78 is 153. The molecule has 0 amide bonds. The number of hydrogen-bond acceptors (Lipinski definition) is 2. The van der Waals surface area contributed by atoms with Crippen molar-refractivity contribution in [1.82, 2.24) is 0 Å². The highest BCUT2D eigenvalue weighted by molar-refractivity contribution is 6.35. The standard InChI is InChI=1S/C17H7Cl2F11O2/c18-5-3-8-6(9(19)4-5)1-2-7(10(8)31)11(32)12(20)13(21,22)15(25,26)17(29,30)16(27,28)14(12,23)24/h3-4,31H,1-2H2/p-1. The van der Waals surface area contributed by atoms with Gasteiger partial charge >= 0.3 is 35.3 Å². The zero-order valence-electron chi connectivity index (χ0n) is 14.8. The van der Waals surface area contributed by atoms with Crippen LogP contribution < -0.4 is 5.11 Å². The van der Waals surface area contributed by atoms with Gasteiger partial charge in [0.25, 0.3) is 0 Å². The predicted molar refractivity (Wildman–Crippen MR) is 85.3 cm³/mol. The van der Waals surface area contributed by atoms with Crippen LogP contribution in [0, 0.1) is 0 Å². The first kappa shape index (κ1) is 24.9. The van der Waals surface area contributed by atoms with Gasteiger partial charge in [-0.2, -0.15) is 43.9 Å². The molecule has 32 heavy (non-hydrogen) atoms. The minimum atomic E-state index is -7.46. The van der Waals surface area contributed by atoms with E-state index in [1.54, 1.807) is 0 Å². The van der Waals surface area contributed by atoms with Crippen molar-refractivity contribution in [2.45, 2.75) is 48.1 Å². The third-order valence-electron chi connectivity index (χ3n) is 5.33. The molecule has 3 rings (SSSR count). The maximum absolute atomic E-state index is 15.0. The number of fused-ring (bicyclic) bond motifs is 1. The lowest BCUT2D eigenvalue weighted by Gasteiger charge is -2.52. The number of ketones is 1. The number of halogens is 13. The largest absolute Gasteiger partial charge is 0.872 e. The number of carbonyl (C=O) groups is 1. The molecule has 0 unspecified atom stereocenters. The first-order valence-electron chi connectivity index (χ1n) is 8.23. The molecule has 0 spiro atoms. The summed E-state index contributed by atoms with van der Waals surface area (Å²) in [4.78, 5) is 12.3. The smallest absolute Gasteiger partial charge is 0.384 e. The SMILES string of the molecule is O=C(C1=C([O-])c2cc(Cl)cc(Cl)c2CC1)C1(F)C(F)(F)C(F)(F)C(F)(F)C(F)(F)C1(F)F. The molecule has 0 radical (unpaired) electrons. The van der Waals surface area contributed by atoms with Crippen molar-refractivity contribution >= 4 is 34.7 Å². The highest BCUT2D eigenvalue weighted by atomic mass is 35.5. The number of benzene rings is 1. The molecular formula is C17H6Cl2F11O2-. The first-order valence-corrected chi connectivity index (χ1v) is 8.98. The van der Waals surface area contributed by atoms with Gasteiger partial charge in [-0.15, -0.1) is 0 Å². The van der Waals surface area contributed by atoms with Gasteiger partial charge in [-0.1, -0.05) is 29.0 Å². The van der Waals surface area contributed by atoms with Gasteiger partial charge < -0.3 is 5.11 Å². The summed E-state index contributed by atoms with van der Waals surface area (Å²) in [5.74, 6) is -42.3. The Labute approximate surface area is 180 Å². The lowest BCUT2D eigenvalue weighted by atomic mass is 9.68. The molecule has 0 aromatic heterocycles. The molecule has 2 aliphatic rings. The molecule has 1 aromatic carbocycles. The Morgan fingerprint density at radius 3 is 1.66 bits per heavy atom. The second kappa shape index (κ2) is 6.64. The number of Topliss-reactive ketones (excluding diaryl/α,β-unsaturated/α-hetero) is 1. The molecule has 1 aromatic rings. The van der Waals surface area contributed by atoms with Crippen molar-refractivity contribution in [3.63, 3.8) is 0 Å².